The molecule has 1 aliphatic heterocycles. The van der Waals surface area contributed by atoms with E-state index < -0.39 is 34.1 Å². The second-order valence-corrected chi connectivity index (χ2v) is 13.4. The first-order valence-electron chi connectivity index (χ1n) is 17.3. The van der Waals surface area contributed by atoms with Crippen molar-refractivity contribution in [1.82, 2.24) is 34.5 Å². The summed E-state index contributed by atoms with van der Waals surface area (Å²) >= 11 is 5.94. The van der Waals surface area contributed by atoms with Crippen molar-refractivity contribution in [2.45, 2.75) is 13.1 Å². The molecule has 9 rings (SSSR count). The Bertz CT molecular complexity index is 3060. The van der Waals surface area contributed by atoms with Gasteiger partial charge in [-0.05, 0) is 42.5 Å². The van der Waals surface area contributed by atoms with E-state index in [-0.39, 0.29) is 45.1 Å². The molecule has 0 saturated carbocycles. The number of ether oxygens (including phenoxy) is 1. The number of carbonyl (C=O) groups excluding carboxylic acids is 2. The number of amides is 1. The molecule has 4 aromatic heterocycles. The zero-order valence-electron chi connectivity index (χ0n) is 30.4. The fourth-order valence-electron chi connectivity index (χ4n) is 6.46. The molecule has 0 bridgehead atoms. The van der Waals surface area contributed by atoms with E-state index in [1.165, 1.54) is 52.8 Å². The lowest BCUT2D eigenvalue weighted by Crippen LogP contribution is -2.25. The summed E-state index contributed by atoms with van der Waals surface area (Å²) in [6, 6.07) is 24.0. The van der Waals surface area contributed by atoms with Gasteiger partial charge in [0.2, 0.25) is 5.91 Å². The van der Waals surface area contributed by atoms with Gasteiger partial charge in [0.1, 0.15) is 11.3 Å². The number of nitro benzene ring substituents is 1. The number of hydrogen-bond donors (Lipinski definition) is 1. The van der Waals surface area contributed by atoms with E-state index in [1.54, 1.807) is 61.8 Å². The van der Waals surface area contributed by atoms with Gasteiger partial charge in [-0.1, -0.05) is 54.1 Å². The van der Waals surface area contributed by atoms with Crippen molar-refractivity contribution in [2.75, 3.05) is 4.90 Å². The quantitative estimate of drug-likeness (QED) is 0.0786. The SMILES string of the molecule is CC(=O)N1c2cc([N+](=O)[O-])ccc2OC(=O)c2cnc(-c3ccccc3)nc21.Cn1ncc2c3[nH]n(-c4ccc(Cl)cc4)c(=O)c3c(-c3cccc(C(F)(F)F)c3)nc21. The number of rotatable bonds is 4. The van der Waals surface area contributed by atoms with Crippen LogP contribution >= 0.6 is 11.6 Å². The van der Waals surface area contributed by atoms with Crippen LogP contribution in [0.25, 0.3) is 50.3 Å². The number of pyridine rings is 1. The number of aromatic nitrogens is 7. The van der Waals surface area contributed by atoms with Crippen LogP contribution in [-0.2, 0) is 18.0 Å². The number of aryl methyl sites for hydroxylation is 1. The molecule has 0 aliphatic carbocycles. The van der Waals surface area contributed by atoms with Crippen molar-refractivity contribution in [3.8, 4) is 34.1 Å². The fourth-order valence-corrected chi connectivity index (χ4v) is 6.58. The smallest absolute Gasteiger partial charge is 0.416 e. The van der Waals surface area contributed by atoms with Gasteiger partial charge in [0.05, 0.1) is 44.4 Å². The molecule has 0 atom stereocenters. The highest BCUT2D eigenvalue weighted by Crippen LogP contribution is 2.41. The number of nitrogens with zero attached hydrogens (tertiary/aromatic N) is 8. The Kier molecular flexibility index (Phi) is 9.47. The lowest BCUT2D eigenvalue weighted by molar-refractivity contribution is -0.384. The van der Waals surface area contributed by atoms with Gasteiger partial charge >= 0.3 is 12.1 Å². The van der Waals surface area contributed by atoms with Gasteiger partial charge in [0.15, 0.2) is 23.0 Å². The number of hydrogen-bond acceptors (Lipinski definition) is 10. The molecule has 8 aromatic rings. The van der Waals surface area contributed by atoms with E-state index in [9.17, 15) is 37.7 Å². The maximum Gasteiger partial charge on any atom is 0.416 e. The summed E-state index contributed by atoms with van der Waals surface area (Å²) in [6.07, 6.45) is -1.68. The number of nitro groups is 1. The minimum Gasteiger partial charge on any atom is -0.421 e. The maximum atomic E-state index is 13.3. The number of carbonyl (C=O) groups is 2. The number of anilines is 2. The largest absolute Gasteiger partial charge is 0.421 e. The predicted octanol–water partition coefficient (Wildman–Crippen LogP) is 8.21. The third-order valence-electron chi connectivity index (χ3n) is 9.21. The number of non-ortho nitro benzene ring substituents is 1. The first kappa shape index (κ1) is 38.2. The first-order chi connectivity index (χ1) is 28.2. The van der Waals surface area contributed by atoms with E-state index in [0.29, 0.717) is 38.6 Å². The Morgan fingerprint density at radius 2 is 1.64 bits per heavy atom. The van der Waals surface area contributed by atoms with E-state index in [0.717, 1.165) is 17.0 Å². The number of aromatic amines is 1. The van der Waals surface area contributed by atoms with Gasteiger partial charge in [-0.2, -0.15) is 18.3 Å². The van der Waals surface area contributed by atoms with Crippen LogP contribution in [0.15, 0.2) is 114 Å². The second kappa shape index (κ2) is 14.6. The summed E-state index contributed by atoms with van der Waals surface area (Å²) in [6.45, 7) is 1.27. The average molecular weight is 820 g/mol. The zero-order valence-corrected chi connectivity index (χ0v) is 31.2. The Balaban J connectivity index is 0.000000165. The topological polar surface area (TPSA) is 184 Å². The molecule has 59 heavy (non-hydrogen) atoms. The van der Waals surface area contributed by atoms with Gasteiger partial charge in [-0.25, -0.2) is 24.4 Å². The molecule has 294 valence electrons. The molecule has 1 aliphatic rings. The number of esters is 1. The van der Waals surface area contributed by atoms with E-state index in [1.807, 2.05) is 6.07 Å². The van der Waals surface area contributed by atoms with Crippen molar-refractivity contribution < 1.29 is 32.4 Å². The Morgan fingerprint density at radius 3 is 2.34 bits per heavy atom. The van der Waals surface area contributed by atoms with Crippen molar-refractivity contribution in [2.24, 2.45) is 7.05 Å². The minimum atomic E-state index is -4.52. The zero-order chi connectivity index (χ0) is 41.7. The van der Waals surface area contributed by atoms with E-state index >= 15 is 0 Å². The molecule has 1 N–H and O–H groups in total. The highest BCUT2D eigenvalue weighted by molar-refractivity contribution is 6.30. The summed E-state index contributed by atoms with van der Waals surface area (Å²) < 4.78 is 48.0. The predicted molar refractivity (Wildman–Crippen MR) is 210 cm³/mol. The number of nitrogens with one attached hydrogen (secondary N) is 1. The average Bonchev–Trinajstić information content (AvgIpc) is 3.73. The lowest BCUT2D eigenvalue weighted by atomic mass is 10.0. The molecule has 0 saturated heterocycles. The van der Waals surface area contributed by atoms with Crippen LogP contribution in [0, 0.1) is 10.1 Å². The molecule has 0 fully saturated rings. The number of H-pyrrole nitrogens is 1. The van der Waals surface area contributed by atoms with Crippen molar-refractivity contribution in [3.05, 3.63) is 146 Å². The standard InChI is InChI=1S/C21H13ClF3N5O.C19H12N4O5/c1-29-19-15(10-26-29)18-16(20(31)30(28-18)14-7-5-13(22)6-8-14)17(27-19)11-3-2-4-12(9-11)21(23,24)25;1-11(24)22-15-9-13(23(26)27)7-8-16(15)28-19(25)14-10-20-17(21-18(14)22)12-5-3-2-4-6-12/h2-10,28H,1H3;2-10H,1H3. The molecular weight excluding hydrogens is 795 g/mol. The third-order valence-corrected chi connectivity index (χ3v) is 9.47. The van der Waals surface area contributed by atoms with Crippen LogP contribution in [0.3, 0.4) is 0 Å². The van der Waals surface area contributed by atoms with Crippen LogP contribution < -0.4 is 15.2 Å². The molecule has 0 unspecified atom stereocenters. The van der Waals surface area contributed by atoms with Crippen molar-refractivity contribution in [3.63, 3.8) is 0 Å². The van der Waals surface area contributed by atoms with E-state index in [2.05, 4.69) is 25.1 Å². The molecule has 4 aromatic carbocycles. The molecule has 0 spiro atoms. The third kappa shape index (κ3) is 7.01. The lowest BCUT2D eigenvalue weighted by Gasteiger charge is -2.20. The second-order valence-electron chi connectivity index (χ2n) is 13.0. The molecule has 5 heterocycles. The summed E-state index contributed by atoms with van der Waals surface area (Å²) in [5, 5.41) is 19.7. The van der Waals surface area contributed by atoms with Gasteiger partial charge in [-0.15, -0.1) is 0 Å². The van der Waals surface area contributed by atoms with Crippen LogP contribution in [0.4, 0.5) is 30.4 Å². The summed E-state index contributed by atoms with van der Waals surface area (Å²) in [5.74, 6) is -0.921. The summed E-state index contributed by atoms with van der Waals surface area (Å²) in [5.41, 5.74) is 0.940. The van der Waals surface area contributed by atoms with Crippen LogP contribution in [0.2, 0.25) is 5.02 Å². The number of halogens is 4. The fraction of sp³-hybridized carbons (Fsp3) is 0.0750. The normalized spacial score (nSPS) is 12.3. The molecule has 0 radical (unpaired) electrons. The number of fused-ring (bicyclic) bond motifs is 5. The minimum absolute atomic E-state index is 0.00519. The van der Waals surface area contributed by atoms with Gasteiger partial charge in [-0.3, -0.25) is 34.4 Å². The van der Waals surface area contributed by atoms with Crippen LogP contribution in [0.1, 0.15) is 22.8 Å². The highest BCUT2D eigenvalue weighted by Gasteiger charge is 2.34. The van der Waals surface area contributed by atoms with Crippen LogP contribution in [-0.4, -0.2) is 51.3 Å². The van der Waals surface area contributed by atoms with Crippen molar-refractivity contribution in [1.29, 1.82) is 0 Å². The van der Waals surface area contributed by atoms with Gasteiger partial charge in [0, 0.05) is 48.5 Å². The Labute approximate surface area is 334 Å². The first-order valence-corrected chi connectivity index (χ1v) is 17.7. The van der Waals surface area contributed by atoms with Crippen LogP contribution in [0.5, 0.6) is 5.75 Å². The summed E-state index contributed by atoms with van der Waals surface area (Å²) in [7, 11) is 1.67. The van der Waals surface area contributed by atoms with Gasteiger partial charge < -0.3 is 4.74 Å². The monoisotopic (exact) mass is 819 g/mol. The number of benzene rings is 4. The van der Waals surface area contributed by atoms with Crippen molar-refractivity contribution >= 4 is 62.6 Å². The van der Waals surface area contributed by atoms with Gasteiger partial charge in [0.25, 0.3) is 11.2 Å². The maximum absolute atomic E-state index is 13.3. The molecule has 1 amide bonds. The molecule has 19 heteroatoms. The number of alkyl halides is 3. The Hall–Kier alpha value is -7.73. The van der Waals surface area contributed by atoms with E-state index in [4.69, 9.17) is 16.3 Å². The molecular formula is C40H25ClF3N9O6. The molecule has 15 nitrogen and oxygen atoms in total. The highest BCUT2D eigenvalue weighted by atomic mass is 35.5. The summed E-state index contributed by atoms with van der Waals surface area (Å²) in [4.78, 5) is 63.1. The Morgan fingerprint density at radius 1 is 0.915 bits per heavy atom.